The third-order valence-corrected chi connectivity index (χ3v) is 2.00. The van der Waals surface area contributed by atoms with E-state index in [1.165, 1.54) is 0 Å². The zero-order valence-electron chi connectivity index (χ0n) is 8.02. The molecule has 0 aliphatic rings. The minimum absolute atomic E-state index is 0.153. The second kappa shape index (κ2) is 5.93. The van der Waals surface area contributed by atoms with E-state index in [2.05, 4.69) is 0 Å². The van der Waals surface area contributed by atoms with Crippen molar-refractivity contribution in [3.8, 4) is 0 Å². The Hall–Kier alpha value is -0.620. The fraction of sp³-hybridized carbons (Fsp3) is 0.857. The molecule has 0 saturated carbocycles. The van der Waals surface area contributed by atoms with E-state index < -0.39 is 17.4 Å². The van der Waals surface area contributed by atoms with Gasteiger partial charge in [-0.15, -0.1) is 0 Å². The van der Waals surface area contributed by atoms with Crippen molar-refractivity contribution >= 4 is 17.4 Å². The Bertz CT molecular complexity index is 195. The van der Waals surface area contributed by atoms with Gasteiger partial charge in [-0.3, -0.25) is 4.55 Å². The Morgan fingerprint density at radius 2 is 2.15 bits per heavy atom. The van der Waals surface area contributed by atoms with Gasteiger partial charge >= 0.3 is 6.09 Å². The molecule has 0 fully saturated rings. The lowest BCUT2D eigenvalue weighted by molar-refractivity contribution is 0.114. The van der Waals surface area contributed by atoms with Crippen molar-refractivity contribution in [2.24, 2.45) is 5.92 Å². The van der Waals surface area contributed by atoms with Crippen LogP contribution in [0.4, 0.5) is 4.79 Å². The van der Waals surface area contributed by atoms with E-state index in [4.69, 9.17) is 9.29 Å². The second-order valence-electron chi connectivity index (χ2n) is 2.90. The van der Waals surface area contributed by atoms with Gasteiger partial charge in [0, 0.05) is 6.54 Å². The quantitative estimate of drug-likeness (QED) is 0.707. The summed E-state index contributed by atoms with van der Waals surface area (Å²) in [4.78, 5) is 11.1. The normalized spacial score (nSPS) is 12.7. The highest BCUT2D eigenvalue weighted by atomic mass is 32.2. The van der Waals surface area contributed by atoms with Gasteiger partial charge in [-0.2, -0.15) is 0 Å². The largest absolute Gasteiger partial charge is 0.448 e. The maximum atomic E-state index is 11.1. The molecule has 6 heteroatoms. The molecule has 5 nitrogen and oxygen atoms in total. The van der Waals surface area contributed by atoms with E-state index in [1.54, 1.807) is 6.92 Å². The highest BCUT2D eigenvalue weighted by Gasteiger charge is 2.18. The first kappa shape index (κ1) is 12.4. The van der Waals surface area contributed by atoms with Crippen molar-refractivity contribution in [2.75, 3.05) is 13.2 Å². The van der Waals surface area contributed by atoms with E-state index >= 15 is 0 Å². The molecule has 78 valence electrons. The highest BCUT2D eigenvalue weighted by molar-refractivity contribution is 7.77. The maximum Gasteiger partial charge on any atom is 0.423 e. The van der Waals surface area contributed by atoms with Crippen LogP contribution in [0.5, 0.6) is 0 Å². The van der Waals surface area contributed by atoms with Crippen molar-refractivity contribution in [3.05, 3.63) is 0 Å². The molecule has 13 heavy (non-hydrogen) atoms. The molecule has 1 N–H and O–H groups in total. The summed E-state index contributed by atoms with van der Waals surface area (Å²) in [6.45, 7) is 5.79. The second-order valence-corrected chi connectivity index (χ2v) is 3.80. The van der Waals surface area contributed by atoms with E-state index in [1.807, 2.05) is 13.8 Å². The molecule has 0 heterocycles. The van der Waals surface area contributed by atoms with Gasteiger partial charge in [-0.25, -0.2) is 13.3 Å². The van der Waals surface area contributed by atoms with Crippen molar-refractivity contribution < 1.29 is 18.3 Å². The average molecular weight is 209 g/mol. The topological polar surface area (TPSA) is 66.8 Å². The molecule has 1 amide bonds. The predicted octanol–water partition coefficient (Wildman–Crippen LogP) is 1.24. The number of hydrogen-bond donors (Lipinski definition) is 1. The number of rotatable bonds is 4. The molecule has 0 aliphatic carbocycles. The number of ether oxygens (including phenoxy) is 1. The fourth-order valence-corrected chi connectivity index (χ4v) is 1.01. The van der Waals surface area contributed by atoms with Crippen LogP contribution in [0, 0.1) is 5.92 Å². The first-order chi connectivity index (χ1) is 5.99. The van der Waals surface area contributed by atoms with Crippen molar-refractivity contribution in [2.45, 2.75) is 20.8 Å². The lowest BCUT2D eigenvalue weighted by Gasteiger charge is -2.15. The van der Waals surface area contributed by atoms with E-state index in [9.17, 15) is 9.00 Å². The van der Waals surface area contributed by atoms with Gasteiger partial charge in [0.2, 0.25) is 0 Å². The molecular weight excluding hydrogens is 194 g/mol. The third kappa shape index (κ3) is 4.84. The van der Waals surface area contributed by atoms with Gasteiger partial charge in [0.1, 0.15) is 0 Å². The average Bonchev–Trinajstić information content (AvgIpc) is 2.01. The molecule has 0 aromatic rings. The Balaban J connectivity index is 4.00. The molecule has 0 radical (unpaired) electrons. The van der Waals surface area contributed by atoms with Crippen molar-refractivity contribution in [1.29, 1.82) is 0 Å². The fourth-order valence-electron chi connectivity index (χ4n) is 0.613. The molecule has 0 saturated heterocycles. The van der Waals surface area contributed by atoms with Gasteiger partial charge in [0.05, 0.1) is 6.61 Å². The Morgan fingerprint density at radius 3 is 2.46 bits per heavy atom. The summed E-state index contributed by atoms with van der Waals surface area (Å²) in [5, 5.41) is 0. The van der Waals surface area contributed by atoms with Gasteiger partial charge in [0.15, 0.2) is 0 Å². The van der Waals surface area contributed by atoms with Gasteiger partial charge in [-0.1, -0.05) is 13.8 Å². The van der Waals surface area contributed by atoms with Gasteiger partial charge in [0.25, 0.3) is 11.3 Å². The lowest BCUT2D eigenvalue weighted by atomic mass is 10.2. The summed E-state index contributed by atoms with van der Waals surface area (Å²) in [5.41, 5.74) is 0. The third-order valence-electron chi connectivity index (χ3n) is 1.22. The number of nitrogens with zero attached hydrogens (tertiary/aromatic N) is 1. The molecule has 0 bridgehead atoms. The standard InChI is InChI=1S/C7H15NO4S/c1-4-8(13(10)11)7(9)12-5-6(2)3/h6H,4-5H2,1-3H3,(H,10,11). The summed E-state index contributed by atoms with van der Waals surface area (Å²) in [5.74, 6) is 0.217. The molecule has 0 aliphatic heterocycles. The number of amides is 1. The molecule has 1 unspecified atom stereocenters. The smallest absolute Gasteiger partial charge is 0.423 e. The Labute approximate surface area is 80.5 Å². The van der Waals surface area contributed by atoms with E-state index in [-0.39, 0.29) is 19.1 Å². The number of hydrogen-bond acceptors (Lipinski definition) is 3. The van der Waals surface area contributed by atoms with Crippen LogP contribution in [-0.2, 0) is 16.0 Å². The van der Waals surface area contributed by atoms with E-state index in [0.29, 0.717) is 0 Å². The molecule has 0 rings (SSSR count). The van der Waals surface area contributed by atoms with Crippen LogP contribution in [-0.4, -0.2) is 32.3 Å². The first-order valence-electron chi connectivity index (χ1n) is 4.04. The molecule has 0 aromatic heterocycles. The zero-order valence-corrected chi connectivity index (χ0v) is 8.84. The summed E-state index contributed by atoms with van der Waals surface area (Å²) in [6.07, 6.45) is -0.753. The molecular formula is C7H15NO4S. The first-order valence-corrected chi connectivity index (χ1v) is 5.10. The Kier molecular flexibility index (Phi) is 5.65. The summed E-state index contributed by atoms with van der Waals surface area (Å²) in [7, 11) is 0. The number of carbonyl (C=O) groups is 1. The summed E-state index contributed by atoms with van der Waals surface area (Å²) in [6, 6.07) is 0. The summed E-state index contributed by atoms with van der Waals surface area (Å²) >= 11 is -2.29. The number of carbonyl (C=O) groups excluding carboxylic acids is 1. The van der Waals surface area contributed by atoms with Crippen LogP contribution in [0.15, 0.2) is 0 Å². The molecule has 0 spiro atoms. The lowest BCUT2D eigenvalue weighted by Crippen LogP contribution is -2.33. The predicted molar refractivity (Wildman–Crippen MR) is 49.3 cm³/mol. The van der Waals surface area contributed by atoms with Crippen LogP contribution in [0.25, 0.3) is 0 Å². The van der Waals surface area contributed by atoms with Crippen LogP contribution in [0.3, 0.4) is 0 Å². The van der Waals surface area contributed by atoms with E-state index in [0.717, 1.165) is 4.31 Å². The molecule has 0 aromatic carbocycles. The van der Waals surface area contributed by atoms with Crippen LogP contribution < -0.4 is 0 Å². The van der Waals surface area contributed by atoms with Crippen LogP contribution >= 0.6 is 0 Å². The Morgan fingerprint density at radius 1 is 1.62 bits per heavy atom. The van der Waals surface area contributed by atoms with Gasteiger partial charge in [-0.05, 0) is 12.8 Å². The minimum atomic E-state index is -2.29. The highest BCUT2D eigenvalue weighted by Crippen LogP contribution is 2.00. The summed E-state index contributed by atoms with van der Waals surface area (Å²) < 4.78 is 24.7. The maximum absolute atomic E-state index is 11.1. The minimum Gasteiger partial charge on any atom is -0.448 e. The molecule has 1 atom stereocenters. The van der Waals surface area contributed by atoms with Crippen LogP contribution in [0.2, 0.25) is 0 Å². The van der Waals surface area contributed by atoms with Crippen LogP contribution in [0.1, 0.15) is 20.8 Å². The van der Waals surface area contributed by atoms with Crippen molar-refractivity contribution in [3.63, 3.8) is 0 Å². The zero-order chi connectivity index (χ0) is 10.4. The van der Waals surface area contributed by atoms with Gasteiger partial charge < -0.3 is 4.74 Å². The SMILES string of the molecule is CCN(C(=O)OCC(C)C)S(=O)O. The monoisotopic (exact) mass is 209 g/mol. The van der Waals surface area contributed by atoms with Crippen molar-refractivity contribution in [1.82, 2.24) is 4.31 Å².